The molecule has 1 saturated carbocycles. The normalized spacial score (nSPS) is 15.0. The predicted octanol–water partition coefficient (Wildman–Crippen LogP) is 1.13. The first-order valence-electron chi connectivity index (χ1n) is 6.96. The van der Waals surface area contributed by atoms with E-state index in [9.17, 15) is 4.39 Å². The lowest BCUT2D eigenvalue weighted by molar-refractivity contribution is 0.255. The molecule has 0 bridgehead atoms. The molecular formula is C14H21BFNO2. The van der Waals surface area contributed by atoms with Crippen LogP contribution in [0.3, 0.4) is 0 Å². The molecule has 1 aliphatic carbocycles. The monoisotopic (exact) mass is 265 g/mol. The van der Waals surface area contributed by atoms with Gasteiger partial charge in [0, 0.05) is 13.1 Å². The second-order valence-corrected chi connectivity index (χ2v) is 5.44. The van der Waals surface area contributed by atoms with Crippen molar-refractivity contribution < 1.29 is 14.4 Å². The highest BCUT2D eigenvalue weighted by Crippen LogP contribution is 2.30. The third kappa shape index (κ3) is 4.60. The highest BCUT2D eigenvalue weighted by Gasteiger charge is 2.24. The zero-order valence-electron chi connectivity index (χ0n) is 11.3. The van der Waals surface area contributed by atoms with E-state index in [2.05, 4.69) is 11.8 Å². The lowest BCUT2D eigenvalue weighted by Crippen LogP contribution is -2.32. The molecule has 0 aromatic heterocycles. The number of hydrogen-bond acceptors (Lipinski definition) is 3. The molecule has 5 heteroatoms. The van der Waals surface area contributed by atoms with Crippen molar-refractivity contribution in [3.05, 3.63) is 29.6 Å². The molecule has 104 valence electrons. The summed E-state index contributed by atoms with van der Waals surface area (Å²) in [6.07, 6.45) is 3.66. The van der Waals surface area contributed by atoms with E-state index in [1.54, 1.807) is 6.07 Å². The lowest BCUT2D eigenvalue weighted by Gasteiger charge is -2.22. The fraction of sp³-hybridized carbons (Fsp3) is 0.571. The first-order valence-corrected chi connectivity index (χ1v) is 6.96. The van der Waals surface area contributed by atoms with Gasteiger partial charge in [0.2, 0.25) is 0 Å². The van der Waals surface area contributed by atoms with Crippen molar-refractivity contribution >= 4 is 12.6 Å². The standard InChI is InChI=1S/C14H21BFNO2/c1-2-5-17(9-11-3-4-11)10-12-6-13(15(18)19)8-14(16)7-12/h6-8,11,18-19H,2-5,9-10H2,1H3. The van der Waals surface area contributed by atoms with Crippen LogP contribution < -0.4 is 5.46 Å². The van der Waals surface area contributed by atoms with Crippen LogP contribution in [-0.2, 0) is 6.54 Å². The van der Waals surface area contributed by atoms with Crippen LogP contribution in [0.5, 0.6) is 0 Å². The summed E-state index contributed by atoms with van der Waals surface area (Å²) in [6.45, 7) is 4.85. The van der Waals surface area contributed by atoms with E-state index in [0.717, 1.165) is 31.0 Å². The zero-order chi connectivity index (χ0) is 13.8. The topological polar surface area (TPSA) is 43.7 Å². The van der Waals surface area contributed by atoms with Crippen molar-refractivity contribution in [3.8, 4) is 0 Å². The average molecular weight is 265 g/mol. The Kier molecular flexibility index (Phi) is 4.96. The molecule has 0 heterocycles. The van der Waals surface area contributed by atoms with Gasteiger partial charge in [-0.05, 0) is 54.9 Å². The minimum absolute atomic E-state index is 0.220. The van der Waals surface area contributed by atoms with E-state index in [4.69, 9.17) is 10.0 Å². The van der Waals surface area contributed by atoms with Crippen molar-refractivity contribution in [3.63, 3.8) is 0 Å². The Labute approximate surface area is 114 Å². The van der Waals surface area contributed by atoms with Gasteiger partial charge in [0.25, 0.3) is 0 Å². The molecule has 1 aromatic carbocycles. The molecule has 0 radical (unpaired) electrons. The van der Waals surface area contributed by atoms with Crippen LogP contribution in [-0.4, -0.2) is 35.2 Å². The number of halogens is 1. The number of rotatable bonds is 7. The fourth-order valence-electron chi connectivity index (χ4n) is 2.39. The Morgan fingerprint density at radius 2 is 2.05 bits per heavy atom. The van der Waals surface area contributed by atoms with E-state index in [1.807, 2.05) is 0 Å². The molecule has 0 aliphatic heterocycles. The van der Waals surface area contributed by atoms with Crippen LogP contribution in [0.1, 0.15) is 31.7 Å². The number of nitrogens with zero attached hydrogens (tertiary/aromatic N) is 1. The largest absolute Gasteiger partial charge is 0.488 e. The smallest absolute Gasteiger partial charge is 0.423 e. The third-order valence-corrected chi connectivity index (χ3v) is 3.44. The predicted molar refractivity (Wildman–Crippen MR) is 74.5 cm³/mol. The number of hydrogen-bond donors (Lipinski definition) is 2. The van der Waals surface area contributed by atoms with Gasteiger partial charge in [0.15, 0.2) is 0 Å². The van der Waals surface area contributed by atoms with Gasteiger partial charge in [-0.2, -0.15) is 0 Å². The minimum Gasteiger partial charge on any atom is -0.423 e. The summed E-state index contributed by atoms with van der Waals surface area (Å²) in [4.78, 5) is 2.32. The van der Waals surface area contributed by atoms with E-state index in [1.165, 1.54) is 25.0 Å². The molecule has 2 N–H and O–H groups in total. The Morgan fingerprint density at radius 3 is 2.63 bits per heavy atom. The van der Waals surface area contributed by atoms with E-state index in [-0.39, 0.29) is 5.46 Å². The number of benzene rings is 1. The Balaban J connectivity index is 2.06. The maximum atomic E-state index is 13.5. The maximum absolute atomic E-state index is 13.5. The molecular weight excluding hydrogens is 244 g/mol. The molecule has 19 heavy (non-hydrogen) atoms. The summed E-state index contributed by atoms with van der Waals surface area (Å²) < 4.78 is 13.5. The summed E-state index contributed by atoms with van der Waals surface area (Å²) >= 11 is 0. The van der Waals surface area contributed by atoms with Crippen LogP contribution in [0.25, 0.3) is 0 Å². The summed E-state index contributed by atoms with van der Waals surface area (Å²) in [5.74, 6) is 0.381. The summed E-state index contributed by atoms with van der Waals surface area (Å²) in [6, 6.07) is 4.31. The van der Waals surface area contributed by atoms with Crippen molar-refractivity contribution in [1.29, 1.82) is 0 Å². The fourth-order valence-corrected chi connectivity index (χ4v) is 2.39. The van der Waals surface area contributed by atoms with Crippen LogP contribution in [0, 0.1) is 11.7 Å². The van der Waals surface area contributed by atoms with Gasteiger partial charge in [0.1, 0.15) is 5.82 Å². The van der Waals surface area contributed by atoms with Crippen molar-refractivity contribution in [2.45, 2.75) is 32.7 Å². The van der Waals surface area contributed by atoms with E-state index < -0.39 is 12.9 Å². The van der Waals surface area contributed by atoms with Gasteiger partial charge in [0.05, 0.1) is 0 Å². The van der Waals surface area contributed by atoms with Crippen molar-refractivity contribution in [2.75, 3.05) is 13.1 Å². The van der Waals surface area contributed by atoms with Gasteiger partial charge in [-0.15, -0.1) is 0 Å². The highest BCUT2D eigenvalue weighted by molar-refractivity contribution is 6.58. The molecule has 1 fully saturated rings. The van der Waals surface area contributed by atoms with Crippen LogP contribution >= 0.6 is 0 Å². The first kappa shape index (κ1) is 14.5. The van der Waals surface area contributed by atoms with Crippen LogP contribution in [0.4, 0.5) is 4.39 Å². The second-order valence-electron chi connectivity index (χ2n) is 5.44. The summed E-state index contributed by atoms with van der Waals surface area (Å²) in [5.41, 5.74) is 1.02. The van der Waals surface area contributed by atoms with Crippen LogP contribution in [0.2, 0.25) is 0 Å². The molecule has 0 amide bonds. The molecule has 1 aromatic rings. The van der Waals surface area contributed by atoms with Crippen LogP contribution in [0.15, 0.2) is 18.2 Å². The van der Waals surface area contributed by atoms with Gasteiger partial charge in [-0.3, -0.25) is 4.90 Å². The Bertz CT molecular complexity index is 424. The molecule has 2 rings (SSSR count). The zero-order valence-corrected chi connectivity index (χ0v) is 11.3. The Morgan fingerprint density at radius 1 is 1.32 bits per heavy atom. The third-order valence-electron chi connectivity index (χ3n) is 3.44. The lowest BCUT2D eigenvalue weighted by atomic mass is 9.79. The highest BCUT2D eigenvalue weighted by atomic mass is 19.1. The molecule has 3 nitrogen and oxygen atoms in total. The Hall–Kier alpha value is -0.905. The average Bonchev–Trinajstić information content (AvgIpc) is 3.12. The van der Waals surface area contributed by atoms with E-state index in [0.29, 0.717) is 6.54 Å². The van der Waals surface area contributed by atoms with Gasteiger partial charge in [-0.1, -0.05) is 13.0 Å². The molecule has 0 atom stereocenters. The van der Waals surface area contributed by atoms with E-state index >= 15 is 0 Å². The van der Waals surface area contributed by atoms with Gasteiger partial charge >= 0.3 is 7.12 Å². The minimum atomic E-state index is -1.61. The molecule has 0 spiro atoms. The summed E-state index contributed by atoms with van der Waals surface area (Å²) in [7, 11) is -1.61. The molecule has 0 unspecified atom stereocenters. The summed E-state index contributed by atoms with van der Waals surface area (Å²) in [5, 5.41) is 18.3. The second kappa shape index (κ2) is 6.50. The van der Waals surface area contributed by atoms with Gasteiger partial charge < -0.3 is 10.0 Å². The van der Waals surface area contributed by atoms with Crippen molar-refractivity contribution in [2.24, 2.45) is 5.92 Å². The van der Waals surface area contributed by atoms with Crippen molar-refractivity contribution in [1.82, 2.24) is 4.90 Å². The quantitative estimate of drug-likeness (QED) is 0.726. The maximum Gasteiger partial charge on any atom is 0.488 e. The molecule has 0 saturated heterocycles. The SMILES string of the molecule is CCCN(Cc1cc(F)cc(B(O)O)c1)CC1CC1. The molecule has 1 aliphatic rings. The first-order chi connectivity index (χ1) is 9.08. The van der Waals surface area contributed by atoms with Gasteiger partial charge in [-0.25, -0.2) is 4.39 Å².